The molecule has 0 radical (unpaired) electrons. The molecule has 0 atom stereocenters. The van der Waals surface area contributed by atoms with Crippen LogP contribution in [0, 0.1) is 19.3 Å². The van der Waals surface area contributed by atoms with Crippen molar-refractivity contribution >= 4 is 17.2 Å². The van der Waals surface area contributed by atoms with Crippen LogP contribution in [0.3, 0.4) is 0 Å². The monoisotopic (exact) mass is 225 g/mol. The SMILES string of the molecule is Cc1scc(CNC(=O)C(C)(C)C)c1C. The minimum Gasteiger partial charge on any atom is -0.352 e. The molecule has 0 fully saturated rings. The molecule has 1 N–H and O–H groups in total. The molecule has 0 saturated carbocycles. The molecule has 84 valence electrons. The molecule has 1 aromatic heterocycles. The standard InChI is InChI=1S/C12H19NOS/c1-8-9(2)15-7-10(8)6-13-11(14)12(3,4)5/h7H,6H2,1-5H3,(H,13,14). The van der Waals surface area contributed by atoms with E-state index in [4.69, 9.17) is 0 Å². The summed E-state index contributed by atoms with van der Waals surface area (Å²) in [7, 11) is 0. The summed E-state index contributed by atoms with van der Waals surface area (Å²) >= 11 is 1.74. The van der Waals surface area contributed by atoms with E-state index >= 15 is 0 Å². The zero-order valence-corrected chi connectivity index (χ0v) is 10.9. The van der Waals surface area contributed by atoms with Gasteiger partial charge in [-0.3, -0.25) is 4.79 Å². The second kappa shape index (κ2) is 4.35. The third-order valence-corrected chi connectivity index (χ3v) is 3.57. The minimum absolute atomic E-state index is 0.103. The van der Waals surface area contributed by atoms with E-state index in [0.717, 1.165) is 0 Å². The van der Waals surface area contributed by atoms with Crippen molar-refractivity contribution in [3.05, 3.63) is 21.4 Å². The van der Waals surface area contributed by atoms with Gasteiger partial charge in [0.05, 0.1) is 0 Å². The summed E-state index contributed by atoms with van der Waals surface area (Å²) < 4.78 is 0. The van der Waals surface area contributed by atoms with E-state index in [0.29, 0.717) is 6.54 Å². The molecule has 0 bridgehead atoms. The van der Waals surface area contributed by atoms with Crippen LogP contribution >= 0.6 is 11.3 Å². The molecule has 1 heterocycles. The van der Waals surface area contributed by atoms with Gasteiger partial charge in [-0.1, -0.05) is 20.8 Å². The third-order valence-electron chi connectivity index (χ3n) is 2.51. The van der Waals surface area contributed by atoms with Crippen LogP contribution in [0.25, 0.3) is 0 Å². The predicted octanol–water partition coefficient (Wildman–Crippen LogP) is 3.03. The zero-order valence-electron chi connectivity index (χ0n) is 10.1. The van der Waals surface area contributed by atoms with Gasteiger partial charge in [-0.2, -0.15) is 0 Å². The molecule has 1 rings (SSSR count). The lowest BCUT2D eigenvalue weighted by Crippen LogP contribution is -2.34. The van der Waals surface area contributed by atoms with Crippen LogP contribution < -0.4 is 5.32 Å². The molecule has 0 saturated heterocycles. The fraction of sp³-hybridized carbons (Fsp3) is 0.583. The van der Waals surface area contributed by atoms with E-state index in [1.54, 1.807) is 11.3 Å². The summed E-state index contributed by atoms with van der Waals surface area (Å²) in [6.45, 7) is 10.6. The van der Waals surface area contributed by atoms with E-state index in [-0.39, 0.29) is 11.3 Å². The molecule has 0 unspecified atom stereocenters. The maximum Gasteiger partial charge on any atom is 0.225 e. The fourth-order valence-corrected chi connectivity index (χ4v) is 2.06. The van der Waals surface area contributed by atoms with Gasteiger partial charge < -0.3 is 5.32 Å². The highest BCUT2D eigenvalue weighted by Crippen LogP contribution is 2.21. The number of carbonyl (C=O) groups is 1. The average molecular weight is 225 g/mol. The summed E-state index contributed by atoms with van der Waals surface area (Å²) in [6.07, 6.45) is 0. The first-order chi connectivity index (χ1) is 6.82. The Balaban J connectivity index is 2.59. The molecule has 2 nitrogen and oxygen atoms in total. The lowest BCUT2D eigenvalue weighted by atomic mass is 9.95. The molecule has 1 amide bonds. The van der Waals surface area contributed by atoms with Crippen molar-refractivity contribution < 1.29 is 4.79 Å². The molecular formula is C12H19NOS. The number of carbonyl (C=O) groups excluding carboxylic acids is 1. The summed E-state index contributed by atoms with van der Waals surface area (Å²) in [6, 6.07) is 0. The van der Waals surface area contributed by atoms with Gasteiger partial charge in [-0.15, -0.1) is 11.3 Å². The van der Waals surface area contributed by atoms with E-state index in [1.165, 1.54) is 16.0 Å². The van der Waals surface area contributed by atoms with Gasteiger partial charge in [0.1, 0.15) is 0 Å². The molecule has 15 heavy (non-hydrogen) atoms. The predicted molar refractivity (Wildman–Crippen MR) is 65.1 cm³/mol. The number of aryl methyl sites for hydroxylation is 1. The Labute approximate surface area is 95.7 Å². The number of amides is 1. The normalized spacial score (nSPS) is 11.5. The van der Waals surface area contributed by atoms with Crippen LogP contribution in [0.15, 0.2) is 5.38 Å². The van der Waals surface area contributed by atoms with Crippen molar-refractivity contribution in [2.45, 2.75) is 41.2 Å². The largest absolute Gasteiger partial charge is 0.352 e. The minimum atomic E-state index is -0.307. The first-order valence-corrected chi connectivity index (χ1v) is 6.02. The maximum absolute atomic E-state index is 11.6. The van der Waals surface area contributed by atoms with Crippen molar-refractivity contribution in [2.75, 3.05) is 0 Å². The first-order valence-electron chi connectivity index (χ1n) is 5.14. The Bertz CT molecular complexity index is 360. The van der Waals surface area contributed by atoms with Crippen molar-refractivity contribution in [3.63, 3.8) is 0 Å². The first kappa shape index (κ1) is 12.2. The van der Waals surface area contributed by atoms with Crippen LogP contribution in [-0.4, -0.2) is 5.91 Å². The van der Waals surface area contributed by atoms with Gasteiger partial charge in [0.15, 0.2) is 0 Å². The zero-order chi connectivity index (χ0) is 11.6. The van der Waals surface area contributed by atoms with E-state index < -0.39 is 0 Å². The van der Waals surface area contributed by atoms with Gasteiger partial charge in [0.2, 0.25) is 5.91 Å². The van der Waals surface area contributed by atoms with Gasteiger partial charge in [0.25, 0.3) is 0 Å². The highest BCUT2D eigenvalue weighted by molar-refractivity contribution is 7.10. The summed E-state index contributed by atoms with van der Waals surface area (Å²) in [5.74, 6) is 0.103. The summed E-state index contributed by atoms with van der Waals surface area (Å²) in [5.41, 5.74) is 2.23. The van der Waals surface area contributed by atoms with Gasteiger partial charge in [-0.05, 0) is 30.4 Å². The van der Waals surface area contributed by atoms with Gasteiger partial charge in [-0.25, -0.2) is 0 Å². The maximum atomic E-state index is 11.6. The topological polar surface area (TPSA) is 29.1 Å². The molecule has 0 aromatic carbocycles. The van der Waals surface area contributed by atoms with Crippen molar-refractivity contribution in [1.29, 1.82) is 0 Å². The Kier molecular flexibility index (Phi) is 3.55. The van der Waals surface area contributed by atoms with E-state index in [1.807, 2.05) is 20.8 Å². The van der Waals surface area contributed by atoms with Crippen LogP contribution in [0.2, 0.25) is 0 Å². The number of rotatable bonds is 2. The molecule has 0 spiro atoms. The molecule has 0 aliphatic carbocycles. The third kappa shape index (κ3) is 3.06. The molecule has 3 heteroatoms. The molecule has 1 aromatic rings. The number of thiophene rings is 1. The fourth-order valence-electron chi connectivity index (χ4n) is 1.18. The Hall–Kier alpha value is -0.830. The molecule has 0 aliphatic rings. The highest BCUT2D eigenvalue weighted by atomic mass is 32.1. The number of nitrogens with one attached hydrogen (secondary N) is 1. The Morgan fingerprint density at radius 2 is 2.00 bits per heavy atom. The molecular weight excluding hydrogens is 206 g/mol. The average Bonchev–Trinajstić information content (AvgIpc) is 2.43. The van der Waals surface area contributed by atoms with Crippen molar-refractivity contribution in [1.82, 2.24) is 5.32 Å². The highest BCUT2D eigenvalue weighted by Gasteiger charge is 2.20. The lowest BCUT2D eigenvalue weighted by molar-refractivity contribution is -0.128. The lowest BCUT2D eigenvalue weighted by Gasteiger charge is -2.17. The van der Waals surface area contributed by atoms with Crippen LogP contribution in [0.5, 0.6) is 0 Å². The second-order valence-corrected chi connectivity index (χ2v) is 5.96. The quantitative estimate of drug-likeness (QED) is 0.823. The van der Waals surface area contributed by atoms with Gasteiger partial charge in [0, 0.05) is 16.8 Å². The summed E-state index contributed by atoms with van der Waals surface area (Å²) in [4.78, 5) is 13.0. The van der Waals surface area contributed by atoms with Crippen LogP contribution in [-0.2, 0) is 11.3 Å². The van der Waals surface area contributed by atoms with Gasteiger partial charge >= 0.3 is 0 Å². The Morgan fingerprint density at radius 1 is 1.40 bits per heavy atom. The Morgan fingerprint density at radius 3 is 2.40 bits per heavy atom. The number of hydrogen-bond acceptors (Lipinski definition) is 2. The van der Waals surface area contributed by atoms with E-state index in [9.17, 15) is 4.79 Å². The summed E-state index contributed by atoms with van der Waals surface area (Å²) in [5, 5.41) is 5.08. The number of hydrogen-bond donors (Lipinski definition) is 1. The molecule has 0 aliphatic heterocycles. The smallest absolute Gasteiger partial charge is 0.225 e. The second-order valence-electron chi connectivity index (χ2n) is 4.87. The van der Waals surface area contributed by atoms with Crippen molar-refractivity contribution in [2.24, 2.45) is 5.41 Å². The van der Waals surface area contributed by atoms with E-state index in [2.05, 4.69) is 24.5 Å². The van der Waals surface area contributed by atoms with Crippen molar-refractivity contribution in [3.8, 4) is 0 Å². The van der Waals surface area contributed by atoms with Crippen LogP contribution in [0.4, 0.5) is 0 Å². The van der Waals surface area contributed by atoms with Crippen LogP contribution in [0.1, 0.15) is 36.8 Å².